The Balaban J connectivity index is -0.000000192. The average molecular weight is 1240 g/mol. The summed E-state index contributed by atoms with van der Waals surface area (Å²) in [5.74, 6) is -2.71. The summed E-state index contributed by atoms with van der Waals surface area (Å²) in [5.41, 5.74) is 0. The third-order valence-electron chi connectivity index (χ3n) is 12.0. The van der Waals surface area contributed by atoms with E-state index in [9.17, 15) is 29.7 Å². The fourth-order valence-electron chi connectivity index (χ4n) is 7.92. The normalized spacial score (nSPS) is 10.2. The molecule has 65 heavy (non-hydrogen) atoms. The standard InChI is InChI=1S/3C18H36O2.2CH3.Pb.H2S.Sn/c3*1-2-3-4-5-6-7-8-9-10-11-12-13-14-15-16-17-18(19)20;;;;;/h3*2-17H2,1H3,(H,19,20);2*1H3;;1H2;/q;;;;;+2;;+2/p-4. The molecule has 0 rings (SSSR count). The minimum atomic E-state index is -0.903. The van der Waals surface area contributed by atoms with Crippen molar-refractivity contribution in [2.45, 2.75) is 339 Å². The van der Waals surface area contributed by atoms with Gasteiger partial charge in [0.2, 0.25) is 0 Å². The molecule has 0 atom stereocenters. The molecule has 2 radical (unpaired) electrons. The smallest absolute Gasteiger partial charge is 0.813 e. The van der Waals surface area contributed by atoms with Gasteiger partial charge < -0.3 is 43.2 Å². The Bertz CT molecular complexity index is 747. The van der Waals surface area contributed by atoms with Crippen LogP contribution in [-0.4, -0.2) is 66.3 Å². The molecular formula is C56H112O6PbSSn. The van der Waals surface area contributed by atoms with Crippen molar-refractivity contribution in [3.05, 3.63) is 0 Å². The van der Waals surface area contributed by atoms with Crippen molar-refractivity contribution in [2.24, 2.45) is 0 Å². The van der Waals surface area contributed by atoms with Crippen molar-refractivity contribution in [1.29, 1.82) is 0 Å². The van der Waals surface area contributed by atoms with Crippen molar-refractivity contribution >= 4 is 79.8 Å². The molecule has 0 saturated carbocycles. The van der Waals surface area contributed by atoms with Gasteiger partial charge in [-0.3, -0.25) is 0 Å². The zero-order chi connectivity index (χ0) is 47.4. The topological polar surface area (TPSA) is 120 Å². The summed E-state index contributed by atoms with van der Waals surface area (Å²) in [4.78, 5) is 35.3. The Morgan fingerprint density at radius 3 is 0.446 bits per heavy atom. The van der Waals surface area contributed by atoms with Crippen LogP contribution in [0.3, 0.4) is 0 Å². The summed E-state index contributed by atoms with van der Waals surface area (Å²) in [6.07, 6.45) is 59.6. The van der Waals surface area contributed by atoms with E-state index in [0.29, 0.717) is 0 Å². The van der Waals surface area contributed by atoms with Gasteiger partial charge in [0.15, 0.2) is 0 Å². The Hall–Kier alpha value is 0.481. The maximum absolute atomic E-state index is 10.2. The molecule has 0 saturated heterocycles. The van der Waals surface area contributed by atoms with Crippen molar-refractivity contribution in [1.82, 2.24) is 0 Å². The van der Waals surface area contributed by atoms with Crippen LogP contribution < -0.4 is 15.3 Å². The van der Waals surface area contributed by atoms with Crippen LogP contribution in [0.1, 0.15) is 329 Å². The van der Waals surface area contributed by atoms with Crippen LogP contribution in [0, 0.1) is 0 Å². The monoisotopic (exact) mass is 1240 g/mol. The summed E-state index contributed by atoms with van der Waals surface area (Å²) < 4.78 is 0. The number of carbonyl (C=O) groups excluding carboxylic acids is 3. The van der Waals surface area contributed by atoms with E-state index in [-0.39, 0.29) is 81.2 Å². The number of rotatable bonds is 48. The maximum Gasteiger partial charge on any atom is 2.00 e. The van der Waals surface area contributed by atoms with Crippen LogP contribution >= 0.6 is 0 Å². The molecule has 0 aromatic heterocycles. The molecule has 0 unspecified atom stereocenters. The molecule has 0 bridgehead atoms. The Kier molecular flexibility index (Phi) is 89.9. The van der Waals surface area contributed by atoms with E-state index in [1.165, 1.54) is 250 Å². The van der Waals surface area contributed by atoms with E-state index in [2.05, 4.69) is 30.7 Å². The first kappa shape index (κ1) is 77.0. The zero-order valence-electron chi connectivity index (χ0n) is 44.3. The van der Waals surface area contributed by atoms with Gasteiger partial charge in [0.25, 0.3) is 0 Å². The minimum absolute atomic E-state index is 0. The van der Waals surface area contributed by atoms with Crippen molar-refractivity contribution in [3.8, 4) is 0 Å². The number of carboxylic acids is 3. The second kappa shape index (κ2) is 76.0. The van der Waals surface area contributed by atoms with E-state index >= 15 is 0 Å². The summed E-state index contributed by atoms with van der Waals surface area (Å²) in [6.45, 7) is 6.80. The predicted molar refractivity (Wildman–Crippen MR) is 286 cm³/mol. The van der Waals surface area contributed by atoms with E-state index in [4.69, 9.17) is 0 Å². The molecule has 0 N–H and O–H groups in total. The molecule has 0 fully saturated rings. The molecule has 386 valence electrons. The van der Waals surface area contributed by atoms with Gasteiger partial charge in [-0.15, -0.1) is 0 Å². The molecule has 0 aromatic rings. The molecule has 9 heteroatoms. The first-order valence-corrected chi connectivity index (χ1v) is 33.6. The molecule has 0 aliphatic carbocycles. The van der Waals surface area contributed by atoms with Gasteiger partial charge in [0, 0.05) is 17.9 Å². The Morgan fingerprint density at radius 2 is 0.354 bits per heavy atom. The van der Waals surface area contributed by atoms with Crippen LogP contribution in [0.2, 0.25) is 9.88 Å². The van der Waals surface area contributed by atoms with Gasteiger partial charge in [-0.1, -0.05) is 290 Å². The SMILES string of the molecule is CCCCCCCCCCCCCCCCCC(=O)[O-].CCCCCCCCCCCCCCCCCC(=O)[O-].CCCCCCCCCCCCCCCCCC(=O)[O-].[CH3][Sn+2][CH3].[Pb+2].[SH-]. The van der Waals surface area contributed by atoms with Gasteiger partial charge in [-0.2, -0.15) is 0 Å². The Labute approximate surface area is 445 Å². The van der Waals surface area contributed by atoms with Gasteiger partial charge in [0.05, 0.1) is 0 Å². The van der Waals surface area contributed by atoms with Crippen molar-refractivity contribution in [3.63, 3.8) is 0 Å². The Morgan fingerprint density at radius 1 is 0.262 bits per heavy atom. The van der Waals surface area contributed by atoms with Gasteiger partial charge in [-0.05, 0) is 38.5 Å². The maximum atomic E-state index is 10.2. The molecule has 0 spiro atoms. The molecule has 0 aliphatic heterocycles. The predicted octanol–water partition coefficient (Wildman–Crippen LogP) is 15.1. The number of aliphatic carboxylic acids is 3. The molecule has 0 amide bonds. The molecule has 0 aliphatic rings. The van der Waals surface area contributed by atoms with E-state index < -0.39 is 17.9 Å². The third kappa shape index (κ3) is 95.0. The molecule has 0 heterocycles. The third-order valence-corrected chi connectivity index (χ3v) is 12.0. The van der Waals surface area contributed by atoms with Crippen LogP contribution in [0.4, 0.5) is 0 Å². The first-order valence-electron chi connectivity index (χ1n) is 27.9. The number of thiol groups is 1. The van der Waals surface area contributed by atoms with Crippen LogP contribution in [0.15, 0.2) is 0 Å². The summed E-state index contributed by atoms with van der Waals surface area (Å²) in [5, 5.41) is 30.7. The summed E-state index contributed by atoms with van der Waals surface area (Å²) >= 11 is 0.230. The van der Waals surface area contributed by atoms with Crippen LogP contribution in [0.25, 0.3) is 0 Å². The van der Waals surface area contributed by atoms with Gasteiger partial charge in [-0.25, -0.2) is 0 Å². The zero-order valence-corrected chi connectivity index (χ0v) is 52.0. The largest absolute Gasteiger partial charge is 2.00 e. The fourth-order valence-corrected chi connectivity index (χ4v) is 7.92. The summed E-state index contributed by atoms with van der Waals surface area (Å²) in [6, 6.07) is 0. The average Bonchev–Trinajstić information content (AvgIpc) is 3.25. The summed E-state index contributed by atoms with van der Waals surface area (Å²) in [7, 11) is 0. The fraction of sp³-hybridized carbons (Fsp3) is 0.946. The molecule has 0 aromatic carbocycles. The van der Waals surface area contributed by atoms with Gasteiger partial charge >= 0.3 is 58.3 Å². The van der Waals surface area contributed by atoms with Crippen molar-refractivity contribution in [2.75, 3.05) is 0 Å². The number of hydrogen-bond acceptors (Lipinski definition) is 7. The van der Waals surface area contributed by atoms with Crippen molar-refractivity contribution < 1.29 is 29.7 Å². The second-order valence-corrected chi connectivity index (χ2v) is 21.6. The number of carbonyl (C=O) groups is 3. The number of hydrogen-bond donors (Lipinski definition) is 0. The number of carboxylic acid groups (broad SMARTS) is 3. The first-order chi connectivity index (χ1) is 30.7. The molecular weight excluding hydrogens is 1130 g/mol. The number of unbranched alkanes of at least 4 members (excludes halogenated alkanes) is 42. The van der Waals surface area contributed by atoms with Crippen LogP contribution in [-0.2, 0) is 27.9 Å². The van der Waals surface area contributed by atoms with E-state index in [1.807, 2.05) is 0 Å². The van der Waals surface area contributed by atoms with E-state index in [0.717, 1.165) is 38.5 Å². The molecule has 6 nitrogen and oxygen atoms in total. The van der Waals surface area contributed by atoms with Gasteiger partial charge in [0.1, 0.15) is 0 Å². The van der Waals surface area contributed by atoms with Crippen LogP contribution in [0.5, 0.6) is 0 Å². The van der Waals surface area contributed by atoms with E-state index in [1.54, 1.807) is 0 Å². The second-order valence-electron chi connectivity index (χ2n) is 18.7. The minimum Gasteiger partial charge on any atom is -0.813 e. The quantitative estimate of drug-likeness (QED) is 0.0257.